The number of nitrogens with zero attached hydrogens (tertiary/aromatic N) is 6. The SMILES string of the molecule is C/C=C\c1c(CC)nc(/C(N)=C(\O)n2ncc(-c3ccn(C)n3)c2N)n1Cc1ccccc1. The van der Waals surface area contributed by atoms with Gasteiger partial charge in [-0.05, 0) is 31.1 Å². The number of nitrogen functional groups attached to an aromatic ring is 1. The zero-order chi connectivity index (χ0) is 23.5. The second-order valence-corrected chi connectivity index (χ2v) is 7.66. The van der Waals surface area contributed by atoms with Gasteiger partial charge in [-0.3, -0.25) is 4.68 Å². The Bertz CT molecular complexity index is 1320. The van der Waals surface area contributed by atoms with Crippen molar-refractivity contribution in [3.8, 4) is 11.3 Å². The van der Waals surface area contributed by atoms with E-state index in [-0.39, 0.29) is 17.4 Å². The lowest BCUT2D eigenvalue weighted by atomic mass is 10.2. The van der Waals surface area contributed by atoms with Gasteiger partial charge in [-0.1, -0.05) is 43.3 Å². The number of benzene rings is 1. The molecule has 0 aliphatic carbocycles. The van der Waals surface area contributed by atoms with Gasteiger partial charge >= 0.3 is 0 Å². The summed E-state index contributed by atoms with van der Waals surface area (Å²) >= 11 is 0. The molecule has 0 saturated carbocycles. The monoisotopic (exact) mass is 444 g/mol. The van der Waals surface area contributed by atoms with Crippen LogP contribution in [0.4, 0.5) is 5.82 Å². The second-order valence-electron chi connectivity index (χ2n) is 7.66. The molecule has 0 spiro atoms. The van der Waals surface area contributed by atoms with Crippen LogP contribution in [0.5, 0.6) is 0 Å². The maximum atomic E-state index is 11.1. The summed E-state index contributed by atoms with van der Waals surface area (Å²) in [7, 11) is 1.82. The summed E-state index contributed by atoms with van der Waals surface area (Å²) in [4.78, 5) is 4.76. The van der Waals surface area contributed by atoms with E-state index in [1.165, 1.54) is 4.68 Å². The maximum Gasteiger partial charge on any atom is 0.241 e. The number of rotatable bonds is 7. The first-order valence-electron chi connectivity index (χ1n) is 10.7. The topological polar surface area (TPSA) is 126 Å². The first kappa shape index (κ1) is 21.9. The molecule has 3 aromatic heterocycles. The van der Waals surface area contributed by atoms with Gasteiger partial charge in [0.2, 0.25) is 5.88 Å². The van der Waals surface area contributed by atoms with Crippen LogP contribution in [0.15, 0.2) is 54.9 Å². The molecule has 0 atom stereocenters. The number of hydrogen-bond donors (Lipinski definition) is 3. The third-order valence-corrected chi connectivity index (χ3v) is 5.40. The summed E-state index contributed by atoms with van der Waals surface area (Å²) in [6.45, 7) is 4.54. The predicted octanol–water partition coefficient (Wildman–Crippen LogP) is 3.51. The average Bonchev–Trinajstić information content (AvgIpc) is 3.51. The first-order chi connectivity index (χ1) is 15.9. The molecule has 0 saturated heterocycles. The molecule has 1 aromatic carbocycles. The van der Waals surface area contributed by atoms with Crippen LogP contribution >= 0.6 is 0 Å². The van der Waals surface area contributed by atoms with Crippen LogP contribution in [0, 0.1) is 0 Å². The largest absolute Gasteiger partial charge is 0.492 e. The highest BCUT2D eigenvalue weighted by molar-refractivity contribution is 5.80. The molecule has 4 rings (SSSR count). The third-order valence-electron chi connectivity index (χ3n) is 5.40. The summed E-state index contributed by atoms with van der Waals surface area (Å²) in [5.74, 6) is 0.402. The quantitative estimate of drug-likeness (QED) is 0.375. The molecule has 5 N–H and O–H groups in total. The van der Waals surface area contributed by atoms with Gasteiger partial charge in [0.1, 0.15) is 11.5 Å². The van der Waals surface area contributed by atoms with E-state index in [4.69, 9.17) is 16.5 Å². The lowest BCUT2D eigenvalue weighted by Gasteiger charge is -2.13. The number of aliphatic hydroxyl groups is 1. The number of aliphatic hydroxyl groups excluding tert-OH is 1. The molecular weight excluding hydrogens is 416 g/mol. The summed E-state index contributed by atoms with van der Waals surface area (Å²) < 4.78 is 4.88. The molecule has 0 radical (unpaired) electrons. The van der Waals surface area contributed by atoms with Crippen LogP contribution in [0.3, 0.4) is 0 Å². The fourth-order valence-corrected chi connectivity index (χ4v) is 3.75. The van der Waals surface area contributed by atoms with Gasteiger partial charge in [0, 0.05) is 19.8 Å². The molecule has 0 bridgehead atoms. The highest BCUT2D eigenvalue weighted by atomic mass is 16.3. The van der Waals surface area contributed by atoms with Crippen LogP contribution in [0.1, 0.15) is 36.6 Å². The Hall–Kier alpha value is -4.27. The highest BCUT2D eigenvalue weighted by Crippen LogP contribution is 2.28. The molecule has 9 nitrogen and oxygen atoms in total. The maximum absolute atomic E-state index is 11.1. The van der Waals surface area contributed by atoms with Crippen molar-refractivity contribution in [3.05, 3.63) is 77.6 Å². The van der Waals surface area contributed by atoms with Crippen molar-refractivity contribution in [2.75, 3.05) is 5.73 Å². The van der Waals surface area contributed by atoms with Gasteiger partial charge in [-0.25, -0.2) is 4.98 Å². The van der Waals surface area contributed by atoms with Crippen LogP contribution in [0.25, 0.3) is 28.9 Å². The molecule has 0 aliphatic rings. The van der Waals surface area contributed by atoms with Crippen molar-refractivity contribution in [1.82, 2.24) is 29.1 Å². The Morgan fingerprint density at radius 3 is 2.58 bits per heavy atom. The number of hydrogen-bond acceptors (Lipinski definition) is 6. The van der Waals surface area contributed by atoms with E-state index in [0.717, 1.165) is 23.4 Å². The molecule has 33 heavy (non-hydrogen) atoms. The zero-order valence-corrected chi connectivity index (χ0v) is 19.0. The second kappa shape index (κ2) is 9.07. The number of aromatic nitrogens is 6. The van der Waals surface area contributed by atoms with E-state index in [0.29, 0.717) is 23.6 Å². The Balaban J connectivity index is 1.83. The van der Waals surface area contributed by atoms with E-state index in [2.05, 4.69) is 10.2 Å². The van der Waals surface area contributed by atoms with E-state index in [9.17, 15) is 5.11 Å². The van der Waals surface area contributed by atoms with Crippen molar-refractivity contribution in [1.29, 1.82) is 0 Å². The third kappa shape index (κ3) is 4.12. The molecular formula is C24H28N8O. The summed E-state index contributed by atoms with van der Waals surface area (Å²) in [6, 6.07) is 11.9. The summed E-state index contributed by atoms with van der Waals surface area (Å²) in [5, 5.41) is 19.7. The molecule has 9 heteroatoms. The minimum atomic E-state index is -0.288. The number of nitrogens with two attached hydrogens (primary N) is 2. The Labute approximate surface area is 192 Å². The van der Waals surface area contributed by atoms with E-state index >= 15 is 0 Å². The van der Waals surface area contributed by atoms with Gasteiger partial charge in [0.15, 0.2) is 5.82 Å². The van der Waals surface area contributed by atoms with Gasteiger partial charge in [0.05, 0.1) is 28.8 Å². The van der Waals surface area contributed by atoms with Crippen molar-refractivity contribution < 1.29 is 5.11 Å². The van der Waals surface area contributed by atoms with Crippen LogP contribution in [0.2, 0.25) is 0 Å². The molecule has 170 valence electrons. The van der Waals surface area contributed by atoms with Crippen LogP contribution in [-0.4, -0.2) is 34.2 Å². The lowest BCUT2D eigenvalue weighted by Crippen LogP contribution is -2.15. The standard InChI is InChI=1S/C24H28N8O/c1-4-9-20-18(5-2)28-23(31(20)15-16-10-7-6-8-11-16)21(25)24(33)32-22(26)17(14-27-32)19-12-13-30(3)29-19/h4,6-14,33H,5,15,25-26H2,1-3H3/b9-4-,24-21+. The van der Waals surface area contributed by atoms with Gasteiger partial charge in [0.25, 0.3) is 0 Å². The van der Waals surface area contributed by atoms with Gasteiger partial charge < -0.3 is 21.1 Å². The smallest absolute Gasteiger partial charge is 0.241 e. The molecule has 0 amide bonds. The Morgan fingerprint density at radius 1 is 1.18 bits per heavy atom. The van der Waals surface area contributed by atoms with Gasteiger partial charge in [-0.2, -0.15) is 14.9 Å². The lowest BCUT2D eigenvalue weighted by molar-refractivity contribution is 0.460. The Kier molecular flexibility index (Phi) is 6.03. The fourth-order valence-electron chi connectivity index (χ4n) is 3.75. The molecule has 3 heterocycles. The van der Waals surface area contributed by atoms with Crippen molar-refractivity contribution in [2.24, 2.45) is 12.8 Å². The van der Waals surface area contributed by atoms with E-state index in [1.807, 2.05) is 80.2 Å². The molecule has 0 unspecified atom stereocenters. The molecule has 0 fully saturated rings. The number of aryl methyl sites for hydroxylation is 2. The van der Waals surface area contributed by atoms with Crippen molar-refractivity contribution >= 4 is 23.5 Å². The fraction of sp³-hybridized carbons (Fsp3) is 0.208. The number of allylic oxidation sites excluding steroid dienone is 1. The normalized spacial score (nSPS) is 12.5. The molecule has 0 aliphatic heterocycles. The highest BCUT2D eigenvalue weighted by Gasteiger charge is 2.22. The van der Waals surface area contributed by atoms with E-state index < -0.39 is 0 Å². The summed E-state index contributed by atoms with van der Waals surface area (Å²) in [5.41, 5.74) is 17.0. The van der Waals surface area contributed by atoms with Crippen LogP contribution < -0.4 is 11.5 Å². The minimum Gasteiger partial charge on any atom is -0.492 e. The number of imidazole rings is 1. The summed E-state index contributed by atoms with van der Waals surface area (Å²) in [6.07, 6.45) is 8.05. The predicted molar refractivity (Wildman–Crippen MR) is 131 cm³/mol. The zero-order valence-electron chi connectivity index (χ0n) is 19.0. The molecule has 4 aromatic rings. The van der Waals surface area contributed by atoms with Crippen molar-refractivity contribution in [2.45, 2.75) is 26.8 Å². The Morgan fingerprint density at radius 2 is 1.94 bits per heavy atom. The van der Waals surface area contributed by atoms with Gasteiger partial charge in [-0.15, -0.1) is 0 Å². The first-order valence-corrected chi connectivity index (χ1v) is 10.7. The number of anilines is 1. The minimum absolute atomic E-state index is 0.0822. The van der Waals surface area contributed by atoms with Crippen molar-refractivity contribution in [3.63, 3.8) is 0 Å². The van der Waals surface area contributed by atoms with Crippen LogP contribution in [-0.2, 0) is 20.0 Å². The van der Waals surface area contributed by atoms with E-state index in [1.54, 1.807) is 10.9 Å². The average molecular weight is 445 g/mol.